The SMILES string of the molecule is CCCCCCC1CCCC(CCCCCCC(=O)OC)O1. The lowest BCUT2D eigenvalue weighted by atomic mass is 9.96. The van der Waals surface area contributed by atoms with Crippen molar-refractivity contribution >= 4 is 5.97 Å². The lowest BCUT2D eigenvalue weighted by Gasteiger charge is -2.30. The molecular formula is C19H36O3. The Hall–Kier alpha value is -0.570. The highest BCUT2D eigenvalue weighted by Gasteiger charge is 2.21. The quantitative estimate of drug-likeness (QED) is 0.357. The van der Waals surface area contributed by atoms with Crippen molar-refractivity contribution in [2.24, 2.45) is 0 Å². The smallest absolute Gasteiger partial charge is 0.305 e. The summed E-state index contributed by atoms with van der Waals surface area (Å²) in [6, 6.07) is 0. The lowest BCUT2D eigenvalue weighted by Crippen LogP contribution is -2.27. The molecule has 0 bridgehead atoms. The molecule has 1 heterocycles. The number of hydrogen-bond acceptors (Lipinski definition) is 3. The van der Waals surface area contributed by atoms with Crippen LogP contribution in [-0.4, -0.2) is 25.3 Å². The summed E-state index contributed by atoms with van der Waals surface area (Å²) in [6.07, 6.45) is 17.8. The number of carbonyl (C=O) groups excluding carboxylic acids is 1. The zero-order valence-corrected chi connectivity index (χ0v) is 14.8. The van der Waals surface area contributed by atoms with Crippen molar-refractivity contribution in [2.45, 2.75) is 109 Å². The van der Waals surface area contributed by atoms with Gasteiger partial charge in [0.2, 0.25) is 0 Å². The van der Waals surface area contributed by atoms with E-state index in [1.165, 1.54) is 77.7 Å². The van der Waals surface area contributed by atoms with Gasteiger partial charge in [0.1, 0.15) is 0 Å². The molecule has 0 aromatic rings. The minimum atomic E-state index is -0.0819. The Morgan fingerprint density at radius 1 is 0.955 bits per heavy atom. The highest BCUT2D eigenvalue weighted by molar-refractivity contribution is 5.68. The molecule has 3 heteroatoms. The van der Waals surface area contributed by atoms with Crippen molar-refractivity contribution in [1.29, 1.82) is 0 Å². The number of methoxy groups -OCH3 is 1. The summed E-state index contributed by atoms with van der Waals surface area (Å²) < 4.78 is 10.9. The second-order valence-electron chi connectivity index (χ2n) is 6.69. The zero-order valence-electron chi connectivity index (χ0n) is 14.8. The van der Waals surface area contributed by atoms with Crippen LogP contribution in [0.2, 0.25) is 0 Å². The van der Waals surface area contributed by atoms with Crippen molar-refractivity contribution in [2.75, 3.05) is 7.11 Å². The fourth-order valence-corrected chi connectivity index (χ4v) is 3.30. The summed E-state index contributed by atoms with van der Waals surface area (Å²) in [7, 11) is 1.46. The molecule has 0 aliphatic carbocycles. The van der Waals surface area contributed by atoms with Crippen molar-refractivity contribution < 1.29 is 14.3 Å². The third kappa shape index (κ3) is 9.45. The van der Waals surface area contributed by atoms with Crippen LogP contribution in [0.5, 0.6) is 0 Å². The molecule has 0 N–H and O–H groups in total. The van der Waals surface area contributed by atoms with Crippen LogP contribution < -0.4 is 0 Å². The van der Waals surface area contributed by atoms with E-state index in [2.05, 4.69) is 11.7 Å². The highest BCUT2D eigenvalue weighted by atomic mass is 16.5. The molecule has 130 valence electrons. The van der Waals surface area contributed by atoms with Crippen LogP contribution in [0.1, 0.15) is 96.8 Å². The molecule has 0 aromatic heterocycles. The Kier molecular flexibility index (Phi) is 11.4. The largest absolute Gasteiger partial charge is 0.469 e. The molecule has 1 rings (SSSR count). The van der Waals surface area contributed by atoms with Crippen molar-refractivity contribution in [3.63, 3.8) is 0 Å². The third-order valence-corrected chi connectivity index (χ3v) is 4.70. The van der Waals surface area contributed by atoms with E-state index in [0.717, 1.165) is 12.8 Å². The first kappa shape index (κ1) is 19.5. The normalized spacial score (nSPS) is 21.7. The second-order valence-corrected chi connectivity index (χ2v) is 6.69. The van der Waals surface area contributed by atoms with Crippen molar-refractivity contribution in [3.8, 4) is 0 Å². The van der Waals surface area contributed by atoms with Crippen LogP contribution >= 0.6 is 0 Å². The Balaban J connectivity index is 1.99. The molecule has 3 nitrogen and oxygen atoms in total. The monoisotopic (exact) mass is 312 g/mol. The number of rotatable bonds is 12. The fourth-order valence-electron chi connectivity index (χ4n) is 3.30. The number of unbranched alkanes of at least 4 members (excludes halogenated alkanes) is 6. The average Bonchev–Trinajstić information content (AvgIpc) is 2.55. The van der Waals surface area contributed by atoms with Gasteiger partial charge in [-0.3, -0.25) is 4.79 Å². The number of esters is 1. The van der Waals surface area contributed by atoms with Crippen LogP contribution in [-0.2, 0) is 14.3 Å². The molecule has 0 amide bonds. The molecule has 1 fully saturated rings. The third-order valence-electron chi connectivity index (χ3n) is 4.70. The van der Waals surface area contributed by atoms with Crippen LogP contribution in [0.25, 0.3) is 0 Å². The maximum absolute atomic E-state index is 11.0. The van der Waals surface area contributed by atoms with Gasteiger partial charge in [0, 0.05) is 6.42 Å². The van der Waals surface area contributed by atoms with Crippen LogP contribution in [0, 0.1) is 0 Å². The molecule has 1 saturated heterocycles. The lowest BCUT2D eigenvalue weighted by molar-refractivity contribution is -0.140. The first-order valence-electron chi connectivity index (χ1n) is 9.48. The molecule has 2 unspecified atom stereocenters. The van der Waals surface area contributed by atoms with Gasteiger partial charge in [0.15, 0.2) is 0 Å². The van der Waals surface area contributed by atoms with Gasteiger partial charge in [0.25, 0.3) is 0 Å². The minimum Gasteiger partial charge on any atom is -0.469 e. The maximum atomic E-state index is 11.0. The molecule has 1 aliphatic heterocycles. The van der Waals surface area contributed by atoms with E-state index in [4.69, 9.17) is 4.74 Å². The fraction of sp³-hybridized carbons (Fsp3) is 0.947. The Bertz CT molecular complexity index is 278. The van der Waals surface area contributed by atoms with Gasteiger partial charge in [-0.2, -0.15) is 0 Å². The number of carbonyl (C=O) groups is 1. The van der Waals surface area contributed by atoms with Gasteiger partial charge >= 0.3 is 5.97 Å². The van der Waals surface area contributed by atoms with E-state index >= 15 is 0 Å². The van der Waals surface area contributed by atoms with E-state index in [9.17, 15) is 4.79 Å². The molecular weight excluding hydrogens is 276 g/mol. The van der Waals surface area contributed by atoms with E-state index in [1.54, 1.807) is 0 Å². The summed E-state index contributed by atoms with van der Waals surface area (Å²) in [6.45, 7) is 2.26. The van der Waals surface area contributed by atoms with Gasteiger partial charge in [-0.05, 0) is 38.5 Å². The number of hydrogen-bond donors (Lipinski definition) is 0. The summed E-state index contributed by atoms with van der Waals surface area (Å²) in [5, 5.41) is 0. The second kappa shape index (κ2) is 12.9. The van der Waals surface area contributed by atoms with Crippen molar-refractivity contribution in [3.05, 3.63) is 0 Å². The van der Waals surface area contributed by atoms with Crippen LogP contribution in [0.4, 0.5) is 0 Å². The van der Waals surface area contributed by atoms with E-state index < -0.39 is 0 Å². The zero-order chi connectivity index (χ0) is 16.0. The summed E-state index contributed by atoms with van der Waals surface area (Å²) in [4.78, 5) is 11.0. The highest BCUT2D eigenvalue weighted by Crippen LogP contribution is 2.26. The first-order chi connectivity index (χ1) is 10.8. The molecule has 1 aliphatic rings. The minimum absolute atomic E-state index is 0.0819. The Morgan fingerprint density at radius 3 is 2.14 bits per heavy atom. The Morgan fingerprint density at radius 2 is 1.55 bits per heavy atom. The Labute approximate surface area is 137 Å². The first-order valence-corrected chi connectivity index (χ1v) is 9.48. The molecule has 22 heavy (non-hydrogen) atoms. The van der Waals surface area contributed by atoms with E-state index in [1.807, 2.05) is 0 Å². The predicted octanol–water partition coefficient (Wildman–Crippen LogP) is 5.41. The topological polar surface area (TPSA) is 35.5 Å². The van der Waals surface area contributed by atoms with E-state index in [-0.39, 0.29) is 5.97 Å². The molecule has 0 saturated carbocycles. The van der Waals surface area contributed by atoms with Gasteiger partial charge in [-0.25, -0.2) is 0 Å². The van der Waals surface area contributed by atoms with Gasteiger partial charge in [-0.15, -0.1) is 0 Å². The average molecular weight is 312 g/mol. The van der Waals surface area contributed by atoms with Crippen LogP contribution in [0.3, 0.4) is 0 Å². The van der Waals surface area contributed by atoms with Gasteiger partial charge in [0.05, 0.1) is 19.3 Å². The summed E-state index contributed by atoms with van der Waals surface area (Å²) >= 11 is 0. The summed E-state index contributed by atoms with van der Waals surface area (Å²) in [5.74, 6) is -0.0819. The van der Waals surface area contributed by atoms with E-state index in [0.29, 0.717) is 18.6 Å². The molecule has 0 aromatic carbocycles. The molecule has 0 spiro atoms. The van der Waals surface area contributed by atoms with Crippen LogP contribution in [0.15, 0.2) is 0 Å². The number of ether oxygens (including phenoxy) is 2. The summed E-state index contributed by atoms with van der Waals surface area (Å²) in [5.41, 5.74) is 0. The van der Waals surface area contributed by atoms with Gasteiger partial charge in [-0.1, -0.05) is 51.9 Å². The van der Waals surface area contributed by atoms with Crippen molar-refractivity contribution in [1.82, 2.24) is 0 Å². The molecule has 0 radical (unpaired) electrons. The van der Waals surface area contributed by atoms with Gasteiger partial charge < -0.3 is 9.47 Å². The standard InChI is InChI=1S/C19H36O3/c1-3-4-5-8-12-17-14-11-15-18(22-17)13-9-6-7-10-16-19(20)21-2/h17-18H,3-16H2,1-2H3. The molecule has 2 atom stereocenters. The predicted molar refractivity (Wildman–Crippen MR) is 91.0 cm³/mol. The maximum Gasteiger partial charge on any atom is 0.305 e.